The largest absolute Gasteiger partial charge is 0.477 e. The number of ether oxygens (including phenoxy) is 1. The summed E-state index contributed by atoms with van der Waals surface area (Å²) in [6.07, 6.45) is 0.613. The molecule has 0 aliphatic heterocycles. The van der Waals surface area contributed by atoms with Crippen LogP contribution in [0.5, 0.6) is 0 Å². The average molecular weight is 460 g/mol. The molecule has 9 heteroatoms. The number of aliphatic carboxylic acids is 1. The van der Waals surface area contributed by atoms with Crippen molar-refractivity contribution in [1.82, 2.24) is 10.6 Å². The zero-order chi connectivity index (χ0) is 24.0. The fourth-order valence-corrected chi connectivity index (χ4v) is 3.86. The van der Waals surface area contributed by atoms with Crippen molar-refractivity contribution in [3.8, 4) is 11.1 Å². The van der Waals surface area contributed by atoms with Gasteiger partial charge in [0.1, 0.15) is 12.6 Å². The molecule has 0 heterocycles. The number of hydrogen-bond donors (Lipinski definition) is 3. The maximum Gasteiger partial charge on any atom is 0.407 e. The number of carbonyl (C=O) groups is 3. The van der Waals surface area contributed by atoms with Gasteiger partial charge in [0.25, 0.3) is 0 Å². The highest BCUT2D eigenvalue weighted by Gasteiger charge is 2.39. The Kier molecular flexibility index (Phi) is 7.63. The molecular formula is C24H26F2N2O5. The van der Waals surface area contributed by atoms with Gasteiger partial charge in [-0.25, -0.2) is 9.59 Å². The van der Waals surface area contributed by atoms with E-state index in [1.807, 2.05) is 60.8 Å². The van der Waals surface area contributed by atoms with Gasteiger partial charge < -0.3 is 20.5 Å². The monoisotopic (exact) mass is 460 g/mol. The van der Waals surface area contributed by atoms with Crippen LogP contribution in [0.4, 0.5) is 13.6 Å². The number of alkyl halides is 2. The Morgan fingerprint density at radius 3 is 2.18 bits per heavy atom. The Hall–Kier alpha value is -3.49. The van der Waals surface area contributed by atoms with E-state index in [-0.39, 0.29) is 18.9 Å². The molecule has 3 rings (SSSR count). The molecule has 0 saturated heterocycles. The number of hydrogen-bond acceptors (Lipinski definition) is 4. The third kappa shape index (κ3) is 5.66. The van der Waals surface area contributed by atoms with Crippen molar-refractivity contribution in [3.05, 3.63) is 59.7 Å². The van der Waals surface area contributed by atoms with Gasteiger partial charge in [-0.15, -0.1) is 0 Å². The van der Waals surface area contributed by atoms with E-state index in [0.29, 0.717) is 12.8 Å². The van der Waals surface area contributed by atoms with Crippen LogP contribution in [0, 0.1) is 0 Å². The first-order valence-corrected chi connectivity index (χ1v) is 10.7. The molecule has 0 bridgehead atoms. The number of carboxylic acids is 1. The van der Waals surface area contributed by atoms with Gasteiger partial charge in [-0.3, -0.25) is 4.79 Å². The zero-order valence-electron chi connectivity index (χ0n) is 18.1. The summed E-state index contributed by atoms with van der Waals surface area (Å²) in [5, 5.41) is 12.8. The zero-order valence-corrected chi connectivity index (χ0v) is 18.1. The second-order valence-corrected chi connectivity index (χ2v) is 7.89. The van der Waals surface area contributed by atoms with E-state index in [0.717, 1.165) is 22.3 Å². The van der Waals surface area contributed by atoms with Crippen LogP contribution in [0.25, 0.3) is 11.1 Å². The number of benzene rings is 2. The van der Waals surface area contributed by atoms with E-state index in [2.05, 4.69) is 5.32 Å². The number of carboxylic acid groups (broad SMARTS) is 1. The lowest BCUT2D eigenvalue weighted by Crippen LogP contribution is -2.51. The van der Waals surface area contributed by atoms with Gasteiger partial charge in [0, 0.05) is 5.92 Å². The van der Waals surface area contributed by atoms with Crippen LogP contribution in [0.2, 0.25) is 0 Å². The highest BCUT2D eigenvalue weighted by Crippen LogP contribution is 2.44. The summed E-state index contributed by atoms with van der Waals surface area (Å²) >= 11 is 0. The van der Waals surface area contributed by atoms with Gasteiger partial charge in [0.2, 0.25) is 5.91 Å². The fraction of sp³-hybridized carbons (Fsp3) is 0.375. The molecule has 2 aromatic carbocycles. The van der Waals surface area contributed by atoms with Gasteiger partial charge in [0.15, 0.2) is 0 Å². The molecule has 176 valence electrons. The van der Waals surface area contributed by atoms with Crippen LogP contribution in [-0.2, 0) is 14.3 Å². The lowest BCUT2D eigenvalue weighted by Gasteiger charge is -2.20. The standard InChI is InChI=1S/C24H26F2N2O5/c1-2-3-12-20(21(29)27-14-24(25,26)22(30)31)28-23(32)33-13-19-17-10-6-4-8-15(17)16-9-5-7-11-18(16)19/h4-11,19-20H,2-3,12-14H2,1H3,(H,27,29)(H,28,32)(H,30,31)/t20-/m0/s1. The number of fused-ring (bicyclic) bond motifs is 3. The Labute approximate surface area is 190 Å². The quantitative estimate of drug-likeness (QED) is 0.499. The van der Waals surface area contributed by atoms with E-state index in [9.17, 15) is 23.2 Å². The highest BCUT2D eigenvalue weighted by molar-refractivity contribution is 5.86. The molecule has 3 N–H and O–H groups in total. The second-order valence-electron chi connectivity index (χ2n) is 7.89. The molecular weight excluding hydrogens is 434 g/mol. The topological polar surface area (TPSA) is 105 Å². The number of carbonyl (C=O) groups excluding carboxylic acids is 2. The first-order chi connectivity index (χ1) is 15.7. The highest BCUT2D eigenvalue weighted by atomic mass is 19.3. The van der Waals surface area contributed by atoms with Crippen LogP contribution < -0.4 is 10.6 Å². The molecule has 0 saturated carbocycles. The van der Waals surface area contributed by atoms with Crippen LogP contribution >= 0.6 is 0 Å². The number of nitrogens with one attached hydrogen (secondary N) is 2. The molecule has 7 nitrogen and oxygen atoms in total. The molecule has 0 aromatic heterocycles. The van der Waals surface area contributed by atoms with E-state index in [1.165, 1.54) is 0 Å². The molecule has 0 radical (unpaired) electrons. The summed E-state index contributed by atoms with van der Waals surface area (Å²) < 4.78 is 32.0. The lowest BCUT2D eigenvalue weighted by atomic mass is 9.98. The van der Waals surface area contributed by atoms with Crippen molar-refractivity contribution in [2.45, 2.75) is 44.1 Å². The number of alkyl carbamates (subject to hydrolysis) is 1. The first kappa shape index (κ1) is 24.2. The van der Waals surface area contributed by atoms with Crippen LogP contribution in [0.15, 0.2) is 48.5 Å². The molecule has 2 aromatic rings. The molecule has 0 unspecified atom stereocenters. The van der Waals surface area contributed by atoms with Crippen molar-refractivity contribution < 1.29 is 33.0 Å². The average Bonchev–Trinajstić information content (AvgIpc) is 3.12. The van der Waals surface area contributed by atoms with E-state index in [4.69, 9.17) is 9.84 Å². The predicted octanol–water partition coefficient (Wildman–Crippen LogP) is 3.92. The number of unbranched alkanes of at least 4 members (excludes halogenated alkanes) is 1. The minimum atomic E-state index is -4.10. The number of halogens is 2. The van der Waals surface area contributed by atoms with Gasteiger partial charge in [0.05, 0.1) is 6.54 Å². The molecule has 1 aliphatic rings. The molecule has 0 spiro atoms. The summed E-state index contributed by atoms with van der Waals surface area (Å²) in [4.78, 5) is 35.3. The maximum absolute atomic E-state index is 13.3. The predicted molar refractivity (Wildman–Crippen MR) is 117 cm³/mol. The third-order valence-corrected chi connectivity index (χ3v) is 5.60. The molecule has 0 fully saturated rings. The molecule has 33 heavy (non-hydrogen) atoms. The summed E-state index contributed by atoms with van der Waals surface area (Å²) in [5.41, 5.74) is 4.20. The lowest BCUT2D eigenvalue weighted by molar-refractivity contribution is -0.164. The minimum Gasteiger partial charge on any atom is -0.477 e. The van der Waals surface area contributed by atoms with E-state index < -0.39 is 36.5 Å². The van der Waals surface area contributed by atoms with Gasteiger partial charge in [-0.1, -0.05) is 68.3 Å². The van der Waals surface area contributed by atoms with Crippen molar-refractivity contribution in [2.75, 3.05) is 13.2 Å². The summed E-state index contributed by atoms with van der Waals surface area (Å²) in [6.45, 7) is 0.552. The van der Waals surface area contributed by atoms with Crippen molar-refractivity contribution in [2.24, 2.45) is 0 Å². The Balaban J connectivity index is 1.63. The van der Waals surface area contributed by atoms with Crippen LogP contribution in [0.1, 0.15) is 43.2 Å². The Morgan fingerprint density at radius 1 is 1.06 bits per heavy atom. The van der Waals surface area contributed by atoms with Gasteiger partial charge in [-0.2, -0.15) is 8.78 Å². The van der Waals surface area contributed by atoms with Crippen molar-refractivity contribution in [3.63, 3.8) is 0 Å². The maximum atomic E-state index is 13.3. The van der Waals surface area contributed by atoms with Gasteiger partial charge >= 0.3 is 18.0 Å². The van der Waals surface area contributed by atoms with Crippen LogP contribution in [0.3, 0.4) is 0 Å². The number of amides is 2. The van der Waals surface area contributed by atoms with Gasteiger partial charge in [-0.05, 0) is 28.7 Å². The number of rotatable bonds is 10. The molecule has 1 atom stereocenters. The normalized spacial score (nSPS) is 13.5. The first-order valence-electron chi connectivity index (χ1n) is 10.7. The third-order valence-electron chi connectivity index (χ3n) is 5.60. The van der Waals surface area contributed by atoms with Crippen LogP contribution in [-0.4, -0.2) is 48.2 Å². The summed E-state index contributed by atoms with van der Waals surface area (Å²) in [5.74, 6) is -7.50. The molecule has 2 amide bonds. The van der Waals surface area contributed by atoms with E-state index in [1.54, 1.807) is 0 Å². The van der Waals surface area contributed by atoms with Crippen molar-refractivity contribution >= 4 is 18.0 Å². The minimum absolute atomic E-state index is 0.0407. The fourth-order valence-electron chi connectivity index (χ4n) is 3.86. The smallest absolute Gasteiger partial charge is 0.407 e. The Morgan fingerprint density at radius 2 is 1.64 bits per heavy atom. The van der Waals surface area contributed by atoms with Crippen molar-refractivity contribution in [1.29, 1.82) is 0 Å². The molecule has 1 aliphatic carbocycles. The summed E-state index contributed by atoms with van der Waals surface area (Å²) in [6, 6.07) is 14.5. The summed E-state index contributed by atoms with van der Waals surface area (Å²) in [7, 11) is 0. The SMILES string of the molecule is CCCC[C@H](NC(=O)OCC1c2ccccc2-c2ccccc21)C(=O)NCC(F)(F)C(=O)O. The second kappa shape index (κ2) is 10.4. The van der Waals surface area contributed by atoms with E-state index >= 15 is 0 Å². The Bertz CT molecular complexity index is 982.